The molecule has 1 amide bonds. The summed E-state index contributed by atoms with van der Waals surface area (Å²) in [6, 6.07) is 11.5. The zero-order valence-electron chi connectivity index (χ0n) is 18.0. The Balaban J connectivity index is 1.41. The van der Waals surface area contributed by atoms with Crippen LogP contribution in [0, 0.1) is 0 Å². The van der Waals surface area contributed by atoms with Crippen LogP contribution in [0.1, 0.15) is 24.8 Å². The van der Waals surface area contributed by atoms with Gasteiger partial charge in [0.15, 0.2) is 0 Å². The van der Waals surface area contributed by atoms with Crippen molar-refractivity contribution in [3.63, 3.8) is 0 Å². The van der Waals surface area contributed by atoms with Crippen LogP contribution in [0.3, 0.4) is 0 Å². The number of carbonyl (C=O) groups is 1. The van der Waals surface area contributed by atoms with E-state index >= 15 is 0 Å². The number of nitrogens with zero attached hydrogens (tertiary/aromatic N) is 5. The summed E-state index contributed by atoms with van der Waals surface area (Å²) in [5.41, 5.74) is 1.78. The third kappa shape index (κ3) is 4.84. The van der Waals surface area contributed by atoms with Crippen LogP contribution in [0.2, 0.25) is 0 Å². The van der Waals surface area contributed by atoms with Gasteiger partial charge in [-0.05, 0) is 36.2 Å². The highest BCUT2D eigenvalue weighted by Crippen LogP contribution is 2.28. The normalized spacial score (nSPS) is 14.0. The quantitative estimate of drug-likeness (QED) is 0.580. The molecule has 8 heteroatoms. The van der Waals surface area contributed by atoms with Gasteiger partial charge in [-0.15, -0.1) is 10.2 Å². The van der Waals surface area contributed by atoms with Crippen molar-refractivity contribution < 1.29 is 13.9 Å². The van der Waals surface area contributed by atoms with Crippen LogP contribution in [0.5, 0.6) is 5.75 Å². The number of piperazine rings is 1. The minimum atomic E-state index is 0.121. The molecule has 1 fully saturated rings. The Kier molecular flexibility index (Phi) is 6.45. The molecule has 1 aliphatic rings. The molecule has 0 unspecified atom stereocenters. The molecule has 3 heterocycles. The van der Waals surface area contributed by atoms with Gasteiger partial charge in [0, 0.05) is 38.8 Å². The summed E-state index contributed by atoms with van der Waals surface area (Å²) in [5, 5.41) is 8.34. The molecule has 2 aromatic heterocycles. The summed E-state index contributed by atoms with van der Waals surface area (Å²) in [5.74, 6) is 2.83. The van der Waals surface area contributed by atoms with Gasteiger partial charge in [-0.2, -0.15) is 0 Å². The van der Waals surface area contributed by atoms with Crippen LogP contribution in [-0.2, 0) is 17.6 Å². The van der Waals surface area contributed by atoms with E-state index in [9.17, 15) is 4.79 Å². The molecule has 3 aromatic rings. The fraction of sp³-hybridized carbons (Fsp3) is 0.391. The first kappa shape index (κ1) is 20.8. The highest BCUT2D eigenvalue weighted by atomic mass is 16.5. The summed E-state index contributed by atoms with van der Waals surface area (Å²) in [4.78, 5) is 21.4. The fourth-order valence-electron chi connectivity index (χ4n) is 3.73. The number of aromatic nitrogens is 3. The van der Waals surface area contributed by atoms with E-state index < -0.39 is 0 Å². The number of benzene rings is 1. The van der Waals surface area contributed by atoms with Crippen molar-refractivity contribution in [3.8, 4) is 17.2 Å². The number of aryl methyl sites for hydroxylation is 1. The molecule has 1 aliphatic heterocycles. The number of hydrogen-bond donors (Lipinski definition) is 0. The number of anilines is 1. The molecule has 0 N–H and O–H groups in total. The van der Waals surface area contributed by atoms with E-state index in [1.807, 2.05) is 41.3 Å². The molecule has 8 nitrogen and oxygen atoms in total. The van der Waals surface area contributed by atoms with Gasteiger partial charge in [-0.3, -0.25) is 4.79 Å². The maximum atomic E-state index is 12.8. The minimum absolute atomic E-state index is 0.121. The predicted octanol–water partition coefficient (Wildman–Crippen LogP) is 2.98. The smallest absolute Gasteiger partial charge is 0.251 e. The number of rotatable bonds is 7. The van der Waals surface area contributed by atoms with E-state index in [0.29, 0.717) is 44.4 Å². The van der Waals surface area contributed by atoms with E-state index in [1.54, 1.807) is 13.3 Å². The first-order valence-electron chi connectivity index (χ1n) is 10.6. The maximum absolute atomic E-state index is 12.8. The van der Waals surface area contributed by atoms with E-state index in [4.69, 9.17) is 9.15 Å². The average Bonchev–Trinajstić information content (AvgIpc) is 3.28. The van der Waals surface area contributed by atoms with Gasteiger partial charge < -0.3 is 19.0 Å². The van der Waals surface area contributed by atoms with Crippen molar-refractivity contribution in [2.24, 2.45) is 0 Å². The van der Waals surface area contributed by atoms with Crippen LogP contribution in [0.25, 0.3) is 11.5 Å². The second-order valence-corrected chi connectivity index (χ2v) is 7.52. The van der Waals surface area contributed by atoms with Crippen LogP contribution in [0.4, 0.5) is 5.82 Å². The lowest BCUT2D eigenvalue weighted by Crippen LogP contribution is -2.49. The van der Waals surface area contributed by atoms with Gasteiger partial charge >= 0.3 is 0 Å². The SMILES string of the molecule is CCCc1nnc(-c2cccnc2N2CCN(C(=O)Cc3cccc(OC)c3)CC2)o1. The number of carbonyl (C=O) groups excluding carboxylic acids is 1. The monoisotopic (exact) mass is 421 g/mol. The Hall–Kier alpha value is -3.42. The zero-order valence-corrected chi connectivity index (χ0v) is 18.0. The van der Waals surface area contributed by atoms with E-state index in [2.05, 4.69) is 27.0 Å². The van der Waals surface area contributed by atoms with E-state index in [1.165, 1.54) is 0 Å². The Morgan fingerprint density at radius 2 is 1.97 bits per heavy atom. The Labute approximate surface area is 181 Å². The molecule has 0 saturated carbocycles. The van der Waals surface area contributed by atoms with Crippen molar-refractivity contribution in [3.05, 3.63) is 54.0 Å². The molecule has 0 bridgehead atoms. The van der Waals surface area contributed by atoms with Crippen LogP contribution in [-0.4, -0.2) is 59.3 Å². The van der Waals surface area contributed by atoms with Gasteiger partial charge in [0.2, 0.25) is 11.8 Å². The molecule has 162 valence electrons. The van der Waals surface area contributed by atoms with Crippen molar-refractivity contribution in [1.82, 2.24) is 20.1 Å². The lowest BCUT2D eigenvalue weighted by molar-refractivity contribution is -0.130. The third-order valence-corrected chi connectivity index (χ3v) is 5.37. The zero-order chi connectivity index (χ0) is 21.6. The lowest BCUT2D eigenvalue weighted by atomic mass is 10.1. The topological polar surface area (TPSA) is 84.6 Å². The second kappa shape index (κ2) is 9.59. The van der Waals surface area contributed by atoms with Crippen LogP contribution < -0.4 is 9.64 Å². The van der Waals surface area contributed by atoms with Crippen molar-refractivity contribution in [2.75, 3.05) is 38.2 Å². The number of methoxy groups -OCH3 is 1. The standard InChI is InChI=1S/C23H27N5O3/c1-3-6-20-25-26-23(31-20)19-9-5-10-24-22(19)28-13-11-27(12-14-28)21(29)16-17-7-4-8-18(15-17)30-2/h4-5,7-10,15H,3,6,11-14,16H2,1-2H3. The Bertz CT molecular complexity index is 1030. The molecular weight excluding hydrogens is 394 g/mol. The Morgan fingerprint density at radius 1 is 1.13 bits per heavy atom. The first-order valence-corrected chi connectivity index (χ1v) is 10.6. The lowest BCUT2D eigenvalue weighted by Gasteiger charge is -2.36. The Morgan fingerprint density at radius 3 is 2.74 bits per heavy atom. The predicted molar refractivity (Wildman–Crippen MR) is 117 cm³/mol. The molecule has 4 rings (SSSR count). The largest absolute Gasteiger partial charge is 0.497 e. The van der Waals surface area contributed by atoms with Gasteiger partial charge in [-0.25, -0.2) is 4.98 Å². The van der Waals surface area contributed by atoms with Crippen LogP contribution >= 0.6 is 0 Å². The third-order valence-electron chi connectivity index (χ3n) is 5.37. The summed E-state index contributed by atoms with van der Waals surface area (Å²) in [6.07, 6.45) is 3.85. The summed E-state index contributed by atoms with van der Waals surface area (Å²) >= 11 is 0. The number of pyridine rings is 1. The summed E-state index contributed by atoms with van der Waals surface area (Å²) < 4.78 is 11.1. The number of amides is 1. The van der Waals surface area contributed by atoms with Gasteiger partial charge in [-0.1, -0.05) is 19.1 Å². The van der Waals surface area contributed by atoms with Gasteiger partial charge in [0.25, 0.3) is 5.89 Å². The van der Waals surface area contributed by atoms with Gasteiger partial charge in [0.1, 0.15) is 11.6 Å². The summed E-state index contributed by atoms with van der Waals surface area (Å²) in [6.45, 7) is 4.76. The molecule has 1 saturated heterocycles. The summed E-state index contributed by atoms with van der Waals surface area (Å²) in [7, 11) is 1.63. The van der Waals surface area contributed by atoms with Crippen molar-refractivity contribution >= 4 is 11.7 Å². The fourth-order valence-corrected chi connectivity index (χ4v) is 3.73. The van der Waals surface area contributed by atoms with Gasteiger partial charge in [0.05, 0.1) is 19.1 Å². The number of hydrogen-bond acceptors (Lipinski definition) is 7. The van der Waals surface area contributed by atoms with Crippen molar-refractivity contribution in [2.45, 2.75) is 26.2 Å². The molecule has 0 radical (unpaired) electrons. The molecule has 0 spiro atoms. The molecular formula is C23H27N5O3. The van der Waals surface area contributed by atoms with E-state index in [0.717, 1.165) is 35.5 Å². The highest BCUT2D eigenvalue weighted by Gasteiger charge is 2.25. The minimum Gasteiger partial charge on any atom is -0.497 e. The second-order valence-electron chi connectivity index (χ2n) is 7.52. The first-order chi connectivity index (χ1) is 15.2. The highest BCUT2D eigenvalue weighted by molar-refractivity contribution is 5.79. The number of ether oxygens (including phenoxy) is 1. The molecule has 1 aromatic carbocycles. The van der Waals surface area contributed by atoms with Crippen molar-refractivity contribution in [1.29, 1.82) is 0 Å². The molecule has 0 aliphatic carbocycles. The molecule has 0 atom stereocenters. The average molecular weight is 422 g/mol. The molecule has 31 heavy (non-hydrogen) atoms. The van der Waals surface area contributed by atoms with E-state index in [-0.39, 0.29) is 5.91 Å². The maximum Gasteiger partial charge on any atom is 0.251 e. The van der Waals surface area contributed by atoms with Crippen LogP contribution in [0.15, 0.2) is 47.0 Å².